The molecule has 0 radical (unpaired) electrons. The van der Waals surface area contributed by atoms with Crippen LogP contribution in [-0.4, -0.2) is 45.7 Å². The molecule has 0 aliphatic carbocycles. The van der Waals surface area contributed by atoms with Crippen LogP contribution in [0.2, 0.25) is 0 Å². The minimum atomic E-state index is -3.44. The molecule has 0 saturated heterocycles. The third-order valence-corrected chi connectivity index (χ3v) is 4.78. The van der Waals surface area contributed by atoms with Gasteiger partial charge in [0.2, 0.25) is 10.0 Å². The molecule has 0 spiro atoms. The number of hydrogen-bond donors (Lipinski definition) is 2. The first kappa shape index (κ1) is 22.1. The number of amides is 1. The van der Waals surface area contributed by atoms with Crippen molar-refractivity contribution < 1.29 is 22.3 Å². The maximum atomic E-state index is 13.5. The van der Waals surface area contributed by atoms with Crippen molar-refractivity contribution in [1.82, 2.24) is 25.0 Å². The molecule has 1 amide bonds. The number of nitrogens with one attached hydrogen (secondary N) is 2. The molecule has 0 saturated carbocycles. The second kappa shape index (κ2) is 8.63. The molecule has 3 aromatic rings. The number of halogens is 1. The Bertz CT molecular complexity index is 1210. The molecule has 164 valence electrons. The number of sulfonamides is 1. The predicted octanol–water partition coefficient (Wildman–Crippen LogP) is 2.40. The van der Waals surface area contributed by atoms with Crippen LogP contribution in [0, 0.1) is 12.7 Å². The van der Waals surface area contributed by atoms with Gasteiger partial charge in [-0.2, -0.15) is 0 Å². The van der Waals surface area contributed by atoms with Crippen LogP contribution >= 0.6 is 0 Å². The van der Waals surface area contributed by atoms with Crippen LogP contribution in [-0.2, 0) is 21.8 Å². The van der Waals surface area contributed by atoms with E-state index >= 15 is 0 Å². The molecule has 13 heteroatoms. The van der Waals surface area contributed by atoms with Crippen molar-refractivity contribution in [2.75, 3.05) is 16.3 Å². The van der Waals surface area contributed by atoms with E-state index in [9.17, 15) is 17.6 Å². The van der Waals surface area contributed by atoms with Crippen molar-refractivity contribution in [3.63, 3.8) is 0 Å². The fraction of sp³-hybridized carbons (Fsp3) is 0.278. The van der Waals surface area contributed by atoms with Gasteiger partial charge in [-0.05, 0) is 32.0 Å². The van der Waals surface area contributed by atoms with Crippen LogP contribution < -0.4 is 10.0 Å². The van der Waals surface area contributed by atoms with Gasteiger partial charge in [-0.25, -0.2) is 22.3 Å². The number of carbonyl (C=O) groups is 1. The quantitative estimate of drug-likeness (QED) is 0.584. The highest BCUT2D eigenvalue weighted by atomic mass is 32.2. The molecule has 3 rings (SSSR count). The molecule has 0 aromatic carbocycles. The summed E-state index contributed by atoms with van der Waals surface area (Å²) in [4.78, 5) is 20.5. The highest BCUT2D eigenvalue weighted by Crippen LogP contribution is 2.26. The third-order valence-electron chi connectivity index (χ3n) is 4.17. The van der Waals surface area contributed by atoms with Crippen molar-refractivity contribution in [3.05, 3.63) is 47.7 Å². The van der Waals surface area contributed by atoms with Gasteiger partial charge in [0.25, 0.3) is 0 Å². The summed E-state index contributed by atoms with van der Waals surface area (Å²) in [5.41, 5.74) is 1.85. The van der Waals surface area contributed by atoms with E-state index in [-0.39, 0.29) is 17.2 Å². The van der Waals surface area contributed by atoms with Gasteiger partial charge in [-0.3, -0.25) is 20.0 Å². The number of aromatic nitrogens is 5. The van der Waals surface area contributed by atoms with E-state index in [2.05, 4.69) is 30.3 Å². The van der Waals surface area contributed by atoms with Crippen LogP contribution in [0.5, 0.6) is 0 Å². The maximum Gasteiger partial charge on any atom is 0.413 e. The van der Waals surface area contributed by atoms with E-state index in [4.69, 9.17) is 4.74 Å². The Morgan fingerprint density at radius 1 is 1.26 bits per heavy atom. The van der Waals surface area contributed by atoms with Gasteiger partial charge in [-0.1, -0.05) is 5.21 Å². The minimum absolute atomic E-state index is 0.211. The van der Waals surface area contributed by atoms with E-state index < -0.39 is 28.0 Å². The summed E-state index contributed by atoms with van der Waals surface area (Å²) >= 11 is 0. The first-order valence-corrected chi connectivity index (χ1v) is 10.9. The van der Waals surface area contributed by atoms with Gasteiger partial charge >= 0.3 is 6.09 Å². The second-order valence-corrected chi connectivity index (χ2v) is 8.47. The molecule has 31 heavy (non-hydrogen) atoms. The van der Waals surface area contributed by atoms with E-state index in [1.165, 1.54) is 29.1 Å². The zero-order valence-corrected chi connectivity index (χ0v) is 17.9. The molecule has 2 N–H and O–H groups in total. The van der Waals surface area contributed by atoms with Gasteiger partial charge in [-0.15, -0.1) is 5.10 Å². The van der Waals surface area contributed by atoms with Gasteiger partial charge in [0, 0.05) is 18.3 Å². The average molecular weight is 449 g/mol. The van der Waals surface area contributed by atoms with E-state index in [1.54, 1.807) is 20.9 Å². The largest absolute Gasteiger partial charge is 0.441 e. The zero-order valence-electron chi connectivity index (χ0n) is 17.1. The summed E-state index contributed by atoms with van der Waals surface area (Å²) in [5, 5.41) is 10.4. The van der Waals surface area contributed by atoms with Crippen LogP contribution in [0.1, 0.15) is 24.3 Å². The highest BCUT2D eigenvalue weighted by Gasteiger charge is 2.20. The molecule has 3 heterocycles. The zero-order chi connectivity index (χ0) is 22.8. The number of pyridine rings is 2. The Hall–Kier alpha value is -3.61. The number of ether oxygens (including phenoxy) is 1. The van der Waals surface area contributed by atoms with Crippen LogP contribution in [0.3, 0.4) is 0 Å². The maximum absolute atomic E-state index is 13.5. The Balaban J connectivity index is 1.76. The molecule has 0 unspecified atom stereocenters. The van der Waals surface area contributed by atoms with E-state index in [0.29, 0.717) is 17.0 Å². The monoisotopic (exact) mass is 449 g/mol. The molecule has 0 bridgehead atoms. The number of rotatable bonds is 6. The Morgan fingerprint density at radius 2 is 2.00 bits per heavy atom. The molecule has 3 aromatic heterocycles. The Labute approximate surface area is 177 Å². The number of hydrogen-bond acceptors (Lipinski definition) is 8. The van der Waals surface area contributed by atoms with Crippen molar-refractivity contribution in [2.24, 2.45) is 7.05 Å². The lowest BCUT2D eigenvalue weighted by Crippen LogP contribution is -2.19. The van der Waals surface area contributed by atoms with Crippen LogP contribution in [0.25, 0.3) is 11.4 Å². The van der Waals surface area contributed by atoms with Gasteiger partial charge in [0.05, 0.1) is 30.0 Å². The topological polar surface area (TPSA) is 141 Å². The van der Waals surface area contributed by atoms with Gasteiger partial charge in [0.15, 0.2) is 11.5 Å². The molecular weight excluding hydrogens is 429 g/mol. The SMILES string of the molecule is Cc1ncc(F)cc1[C@@H](C)OC(=O)Nc1c(-c2ccc(NS(C)(=O)=O)cn2)nnn1C. The number of carbonyl (C=O) groups excluding carboxylic acids is 1. The molecule has 1 atom stereocenters. The molecular formula is C18H20FN7O4S. The lowest BCUT2D eigenvalue weighted by molar-refractivity contribution is 0.120. The summed E-state index contributed by atoms with van der Waals surface area (Å²) in [6.45, 7) is 3.28. The summed E-state index contributed by atoms with van der Waals surface area (Å²) in [6, 6.07) is 4.29. The number of anilines is 2. The molecule has 0 aliphatic heterocycles. The lowest BCUT2D eigenvalue weighted by atomic mass is 10.1. The molecule has 0 fully saturated rings. The molecule has 11 nitrogen and oxygen atoms in total. The van der Waals surface area contributed by atoms with Crippen molar-refractivity contribution in [2.45, 2.75) is 20.0 Å². The summed E-state index contributed by atoms with van der Waals surface area (Å²) in [7, 11) is -1.87. The van der Waals surface area contributed by atoms with Crippen LogP contribution in [0.4, 0.5) is 20.7 Å². The smallest absolute Gasteiger partial charge is 0.413 e. The summed E-state index contributed by atoms with van der Waals surface area (Å²) in [5.74, 6) is -0.322. The van der Waals surface area contributed by atoms with Crippen molar-refractivity contribution in [3.8, 4) is 11.4 Å². The van der Waals surface area contributed by atoms with Gasteiger partial charge < -0.3 is 4.74 Å². The van der Waals surface area contributed by atoms with Crippen molar-refractivity contribution in [1.29, 1.82) is 0 Å². The first-order valence-electron chi connectivity index (χ1n) is 8.97. The van der Waals surface area contributed by atoms with Gasteiger partial charge in [0.1, 0.15) is 11.9 Å². The Morgan fingerprint density at radius 3 is 2.65 bits per heavy atom. The fourth-order valence-electron chi connectivity index (χ4n) is 2.76. The Kier molecular flexibility index (Phi) is 6.15. The van der Waals surface area contributed by atoms with Crippen molar-refractivity contribution >= 4 is 27.6 Å². The first-order chi connectivity index (χ1) is 14.5. The number of nitrogens with zero attached hydrogens (tertiary/aromatic N) is 5. The average Bonchev–Trinajstić information content (AvgIpc) is 3.03. The highest BCUT2D eigenvalue weighted by molar-refractivity contribution is 7.92. The third kappa shape index (κ3) is 5.51. The normalized spacial score (nSPS) is 12.3. The summed E-state index contributed by atoms with van der Waals surface area (Å²) < 4.78 is 45.1. The van der Waals surface area contributed by atoms with Crippen LogP contribution in [0.15, 0.2) is 30.6 Å². The minimum Gasteiger partial charge on any atom is -0.441 e. The second-order valence-electron chi connectivity index (χ2n) is 6.72. The summed E-state index contributed by atoms with van der Waals surface area (Å²) in [6.07, 6.45) is 1.86. The lowest BCUT2D eigenvalue weighted by Gasteiger charge is -2.16. The predicted molar refractivity (Wildman–Crippen MR) is 110 cm³/mol. The molecule has 0 aliphatic rings. The van der Waals surface area contributed by atoms with E-state index in [1.807, 2.05) is 0 Å². The number of aryl methyl sites for hydroxylation is 2. The standard InChI is InChI=1S/C18H20FN7O4S/c1-10-14(7-12(19)8-20-10)11(2)30-18(27)22-17-16(23-25-26(17)3)15-6-5-13(9-21-15)24-31(4,28)29/h5-9,11,24H,1-4H3,(H,22,27)/t11-/m1/s1. The fourth-order valence-corrected chi connectivity index (χ4v) is 3.31. The van der Waals surface area contributed by atoms with E-state index in [0.717, 1.165) is 12.5 Å².